The SMILES string of the molecule is CC(C)CCOCCNc1c(C#N)cnc2ccccc12. The van der Waals surface area contributed by atoms with Crippen molar-refractivity contribution < 1.29 is 4.74 Å². The Hall–Kier alpha value is -2.12. The van der Waals surface area contributed by atoms with Gasteiger partial charge < -0.3 is 10.1 Å². The molecule has 110 valence electrons. The molecule has 1 heterocycles. The van der Waals surface area contributed by atoms with Crippen LogP contribution in [0.1, 0.15) is 25.8 Å². The number of anilines is 1. The lowest BCUT2D eigenvalue weighted by atomic mass is 10.1. The van der Waals surface area contributed by atoms with Gasteiger partial charge in [-0.15, -0.1) is 0 Å². The Morgan fingerprint density at radius 2 is 2.10 bits per heavy atom. The molecule has 0 amide bonds. The minimum atomic E-state index is 0.566. The third kappa shape index (κ3) is 4.17. The van der Waals surface area contributed by atoms with E-state index >= 15 is 0 Å². The number of ether oxygens (including phenoxy) is 1. The number of nitrogens with one attached hydrogen (secondary N) is 1. The number of hydrogen-bond donors (Lipinski definition) is 1. The molecule has 1 aromatic carbocycles. The van der Waals surface area contributed by atoms with Crippen molar-refractivity contribution in [3.63, 3.8) is 0 Å². The molecule has 0 aliphatic carbocycles. The van der Waals surface area contributed by atoms with Gasteiger partial charge in [-0.25, -0.2) is 0 Å². The lowest BCUT2D eigenvalue weighted by Gasteiger charge is -2.12. The van der Waals surface area contributed by atoms with E-state index in [-0.39, 0.29) is 0 Å². The van der Waals surface area contributed by atoms with Crippen molar-refractivity contribution in [3.05, 3.63) is 36.0 Å². The van der Waals surface area contributed by atoms with E-state index in [0.717, 1.165) is 29.6 Å². The van der Waals surface area contributed by atoms with E-state index in [0.29, 0.717) is 24.6 Å². The van der Waals surface area contributed by atoms with Gasteiger partial charge >= 0.3 is 0 Å². The van der Waals surface area contributed by atoms with E-state index in [9.17, 15) is 5.26 Å². The molecule has 0 saturated heterocycles. The van der Waals surface area contributed by atoms with Crippen LogP contribution in [0.3, 0.4) is 0 Å². The Labute approximate surface area is 125 Å². The fraction of sp³-hybridized carbons (Fsp3) is 0.412. The second-order valence-corrected chi connectivity index (χ2v) is 5.40. The van der Waals surface area contributed by atoms with E-state index in [2.05, 4.69) is 30.2 Å². The summed E-state index contributed by atoms with van der Waals surface area (Å²) in [6.45, 7) is 6.46. The zero-order chi connectivity index (χ0) is 15.1. The summed E-state index contributed by atoms with van der Waals surface area (Å²) in [6, 6.07) is 10.0. The lowest BCUT2D eigenvalue weighted by molar-refractivity contribution is 0.133. The number of benzene rings is 1. The zero-order valence-electron chi connectivity index (χ0n) is 12.6. The molecule has 0 atom stereocenters. The summed E-state index contributed by atoms with van der Waals surface area (Å²) >= 11 is 0. The van der Waals surface area contributed by atoms with E-state index < -0.39 is 0 Å². The normalized spacial score (nSPS) is 10.8. The number of para-hydroxylation sites is 1. The average Bonchev–Trinajstić information content (AvgIpc) is 2.50. The van der Waals surface area contributed by atoms with Crippen LogP contribution in [-0.2, 0) is 4.74 Å². The number of hydrogen-bond acceptors (Lipinski definition) is 4. The van der Waals surface area contributed by atoms with Crippen molar-refractivity contribution >= 4 is 16.6 Å². The first-order valence-corrected chi connectivity index (χ1v) is 7.32. The van der Waals surface area contributed by atoms with Crippen LogP contribution < -0.4 is 5.32 Å². The third-order valence-electron chi connectivity index (χ3n) is 3.28. The van der Waals surface area contributed by atoms with E-state index in [4.69, 9.17) is 4.74 Å². The monoisotopic (exact) mass is 283 g/mol. The van der Waals surface area contributed by atoms with Gasteiger partial charge in [0.05, 0.1) is 23.4 Å². The summed E-state index contributed by atoms with van der Waals surface area (Å²) < 4.78 is 5.59. The molecule has 21 heavy (non-hydrogen) atoms. The van der Waals surface area contributed by atoms with E-state index in [1.54, 1.807) is 6.20 Å². The number of fused-ring (bicyclic) bond motifs is 1. The van der Waals surface area contributed by atoms with Crippen LogP contribution in [0.4, 0.5) is 5.69 Å². The molecule has 1 aromatic heterocycles. The van der Waals surface area contributed by atoms with Gasteiger partial charge in [0.15, 0.2) is 0 Å². The maximum atomic E-state index is 9.22. The first kappa shape index (κ1) is 15.3. The molecular weight excluding hydrogens is 262 g/mol. The van der Waals surface area contributed by atoms with Crippen molar-refractivity contribution in [1.82, 2.24) is 4.98 Å². The highest BCUT2D eigenvalue weighted by molar-refractivity contribution is 5.93. The van der Waals surface area contributed by atoms with Crippen molar-refractivity contribution in [2.24, 2.45) is 5.92 Å². The van der Waals surface area contributed by atoms with E-state index in [1.807, 2.05) is 24.3 Å². The van der Waals surface area contributed by atoms with Crippen LogP contribution in [0.2, 0.25) is 0 Å². The Morgan fingerprint density at radius 1 is 1.29 bits per heavy atom. The third-order valence-corrected chi connectivity index (χ3v) is 3.28. The Bertz CT molecular complexity index is 631. The molecule has 0 spiro atoms. The number of nitrogens with zero attached hydrogens (tertiary/aromatic N) is 2. The molecule has 4 heteroatoms. The second kappa shape index (κ2) is 7.61. The van der Waals surface area contributed by atoms with Crippen LogP contribution in [0.5, 0.6) is 0 Å². The summed E-state index contributed by atoms with van der Waals surface area (Å²) in [7, 11) is 0. The molecule has 0 aliphatic heterocycles. The highest BCUT2D eigenvalue weighted by Gasteiger charge is 2.07. The molecule has 0 saturated carbocycles. The molecule has 2 aromatic rings. The zero-order valence-corrected chi connectivity index (χ0v) is 12.6. The predicted octanol–water partition coefficient (Wildman–Crippen LogP) is 3.58. The van der Waals surface area contributed by atoms with Gasteiger partial charge in [0, 0.05) is 24.7 Å². The summed E-state index contributed by atoms with van der Waals surface area (Å²) in [5, 5.41) is 13.5. The summed E-state index contributed by atoms with van der Waals surface area (Å²) in [5.74, 6) is 0.660. The molecule has 0 radical (unpaired) electrons. The predicted molar refractivity (Wildman–Crippen MR) is 85.2 cm³/mol. The topological polar surface area (TPSA) is 57.9 Å². The molecule has 0 fully saturated rings. The largest absolute Gasteiger partial charge is 0.381 e. The molecule has 0 unspecified atom stereocenters. The lowest BCUT2D eigenvalue weighted by Crippen LogP contribution is -2.12. The van der Waals surface area contributed by atoms with Gasteiger partial charge in [-0.3, -0.25) is 4.98 Å². The van der Waals surface area contributed by atoms with Crippen LogP contribution >= 0.6 is 0 Å². The highest BCUT2D eigenvalue weighted by atomic mass is 16.5. The minimum Gasteiger partial charge on any atom is -0.381 e. The number of rotatable bonds is 7. The van der Waals surface area contributed by atoms with Crippen molar-refractivity contribution in [1.29, 1.82) is 5.26 Å². The molecule has 1 N–H and O–H groups in total. The van der Waals surface area contributed by atoms with Crippen LogP contribution in [-0.4, -0.2) is 24.7 Å². The maximum absolute atomic E-state index is 9.22. The van der Waals surface area contributed by atoms with Gasteiger partial charge in [0.2, 0.25) is 0 Å². The van der Waals surface area contributed by atoms with Crippen molar-refractivity contribution in [3.8, 4) is 6.07 Å². The minimum absolute atomic E-state index is 0.566. The molecular formula is C17H21N3O. The summed E-state index contributed by atoms with van der Waals surface area (Å²) in [4.78, 5) is 4.30. The summed E-state index contributed by atoms with van der Waals surface area (Å²) in [6.07, 6.45) is 2.69. The van der Waals surface area contributed by atoms with Gasteiger partial charge in [-0.1, -0.05) is 32.0 Å². The van der Waals surface area contributed by atoms with Crippen LogP contribution in [0, 0.1) is 17.2 Å². The first-order valence-electron chi connectivity index (χ1n) is 7.32. The van der Waals surface area contributed by atoms with Gasteiger partial charge in [-0.05, 0) is 18.4 Å². The second-order valence-electron chi connectivity index (χ2n) is 5.40. The van der Waals surface area contributed by atoms with Crippen LogP contribution in [0.15, 0.2) is 30.5 Å². The molecule has 4 nitrogen and oxygen atoms in total. The number of aromatic nitrogens is 1. The fourth-order valence-electron chi connectivity index (χ4n) is 2.09. The van der Waals surface area contributed by atoms with Gasteiger partial charge in [0.25, 0.3) is 0 Å². The Morgan fingerprint density at radius 3 is 2.86 bits per heavy atom. The van der Waals surface area contributed by atoms with E-state index in [1.165, 1.54) is 0 Å². The maximum Gasteiger partial charge on any atom is 0.103 e. The molecule has 2 rings (SSSR count). The Kier molecular flexibility index (Phi) is 5.53. The first-order chi connectivity index (χ1) is 10.2. The number of nitriles is 1. The molecule has 0 aliphatic rings. The fourth-order valence-corrected chi connectivity index (χ4v) is 2.09. The summed E-state index contributed by atoms with van der Waals surface area (Å²) in [5.41, 5.74) is 2.30. The van der Waals surface area contributed by atoms with Crippen molar-refractivity contribution in [2.75, 3.05) is 25.1 Å². The van der Waals surface area contributed by atoms with Crippen LogP contribution in [0.25, 0.3) is 10.9 Å². The number of pyridine rings is 1. The quantitative estimate of drug-likeness (QED) is 0.789. The van der Waals surface area contributed by atoms with Crippen molar-refractivity contribution in [2.45, 2.75) is 20.3 Å². The van der Waals surface area contributed by atoms with Gasteiger partial charge in [-0.2, -0.15) is 5.26 Å². The molecule has 0 bridgehead atoms. The Balaban J connectivity index is 1.99. The smallest absolute Gasteiger partial charge is 0.103 e. The average molecular weight is 283 g/mol. The van der Waals surface area contributed by atoms with Gasteiger partial charge in [0.1, 0.15) is 6.07 Å². The standard InChI is InChI=1S/C17H21N3O/c1-13(2)7-9-21-10-8-19-17-14(11-18)12-20-16-6-4-3-5-15(16)17/h3-6,12-13H,7-10H2,1-2H3,(H,19,20). The highest BCUT2D eigenvalue weighted by Crippen LogP contribution is 2.24.